The summed E-state index contributed by atoms with van der Waals surface area (Å²) >= 11 is 1.46. The molecule has 3 radical (unpaired) electrons. The Morgan fingerprint density at radius 3 is 2.66 bits per heavy atom. The maximum absolute atomic E-state index is 14.0. The first-order valence-corrected chi connectivity index (χ1v) is 20.9. The highest BCUT2D eigenvalue weighted by molar-refractivity contribution is 7.10. The number of aromatic nitrogens is 3. The lowest BCUT2D eigenvalue weighted by atomic mass is 9.84. The molecule has 3 aliphatic rings. The fourth-order valence-electron chi connectivity index (χ4n) is 8.13. The SMILES string of the molecule is CCn1c(-c2cc(N3CCN(C)CC3)cnc2[C@H](C)OC)c2c3cc(ccc31)-c1csc(n1)CC(N([Si])C(C)=O)C(=O)N1CCC[C@H](N1)C(=O)OCC(C)(C)C2. The molecule has 2 saturated heterocycles. The number of aryl methyl sites for hydroxylation is 1. The van der Waals surface area contributed by atoms with Crippen LogP contribution in [0.25, 0.3) is 33.4 Å². The molecule has 2 amide bonds. The van der Waals surface area contributed by atoms with Crippen molar-refractivity contribution < 1.29 is 23.9 Å². The lowest BCUT2D eigenvalue weighted by Gasteiger charge is -2.37. The zero-order valence-corrected chi connectivity index (χ0v) is 35.4. The molecule has 6 bridgehead atoms. The van der Waals surface area contributed by atoms with E-state index in [-0.39, 0.29) is 30.9 Å². The predicted octanol–water partition coefficient (Wildman–Crippen LogP) is 4.77. The Bertz CT molecular complexity index is 2110. The van der Waals surface area contributed by atoms with E-state index in [9.17, 15) is 14.4 Å². The smallest absolute Gasteiger partial charge is 0.324 e. The first-order valence-electron chi connectivity index (χ1n) is 19.6. The number of nitrogens with one attached hydrogen (secondary N) is 1. The monoisotopic (exact) mass is 797 g/mol. The number of anilines is 1. The molecule has 7 rings (SSSR count). The van der Waals surface area contributed by atoms with E-state index >= 15 is 0 Å². The van der Waals surface area contributed by atoms with Crippen LogP contribution in [0.5, 0.6) is 0 Å². The number of hydrogen-bond acceptors (Lipinski definition) is 11. The second-order valence-electron chi connectivity index (χ2n) is 16.1. The van der Waals surface area contributed by atoms with E-state index in [1.807, 2.05) is 18.5 Å². The van der Waals surface area contributed by atoms with Crippen molar-refractivity contribution in [1.82, 2.24) is 34.4 Å². The highest BCUT2D eigenvalue weighted by Gasteiger charge is 2.37. The summed E-state index contributed by atoms with van der Waals surface area (Å²) in [5.74, 6) is -1.03. The first kappa shape index (κ1) is 40.1. The van der Waals surface area contributed by atoms with E-state index in [0.717, 1.165) is 88.1 Å². The number of ether oxygens (including phenoxy) is 2. The van der Waals surface area contributed by atoms with Gasteiger partial charge < -0.3 is 28.4 Å². The fourth-order valence-corrected chi connectivity index (χ4v) is 9.17. The number of hydrogen-bond donors (Lipinski definition) is 1. The number of carbonyl (C=O) groups is 3. The molecule has 3 atom stereocenters. The second-order valence-corrected chi connectivity index (χ2v) is 17.5. The van der Waals surface area contributed by atoms with Gasteiger partial charge >= 0.3 is 5.97 Å². The number of hydrazine groups is 1. The average molecular weight is 798 g/mol. The molecule has 297 valence electrons. The van der Waals surface area contributed by atoms with Crippen LogP contribution in [0.15, 0.2) is 35.8 Å². The summed E-state index contributed by atoms with van der Waals surface area (Å²) in [5, 5.41) is 5.29. The molecule has 3 aromatic heterocycles. The van der Waals surface area contributed by atoms with Gasteiger partial charge in [0.15, 0.2) is 10.4 Å². The minimum atomic E-state index is -0.877. The number of cyclic esters (lactones) is 1. The molecule has 0 saturated carbocycles. The molecule has 3 aliphatic heterocycles. The minimum absolute atomic E-state index is 0.175. The van der Waals surface area contributed by atoms with Gasteiger partial charge in [0.25, 0.3) is 5.91 Å². The number of piperazine rings is 1. The molecule has 6 heterocycles. The van der Waals surface area contributed by atoms with Crippen LogP contribution in [0.4, 0.5) is 5.69 Å². The summed E-state index contributed by atoms with van der Waals surface area (Å²) in [6.07, 6.45) is 3.69. The van der Waals surface area contributed by atoms with Gasteiger partial charge in [-0.2, -0.15) is 0 Å². The molecule has 15 heteroatoms. The Kier molecular flexibility index (Phi) is 11.7. The van der Waals surface area contributed by atoms with Crippen molar-refractivity contribution in [1.29, 1.82) is 0 Å². The van der Waals surface area contributed by atoms with E-state index in [4.69, 9.17) is 19.4 Å². The topological polar surface area (TPSA) is 125 Å². The van der Waals surface area contributed by atoms with Crippen molar-refractivity contribution in [2.45, 2.75) is 85.0 Å². The van der Waals surface area contributed by atoms with Crippen LogP contribution in [-0.2, 0) is 43.2 Å². The van der Waals surface area contributed by atoms with Crippen LogP contribution >= 0.6 is 11.3 Å². The number of thiazole rings is 1. The Labute approximate surface area is 336 Å². The Hall–Kier alpha value is -4.15. The number of amides is 2. The molecular formula is C41H53N8O5SSi. The van der Waals surface area contributed by atoms with Gasteiger partial charge in [0.05, 0.1) is 46.7 Å². The third-order valence-corrected chi connectivity index (χ3v) is 12.9. The number of nitrogens with zero attached hydrogens (tertiary/aromatic N) is 7. The number of likely N-dealkylation sites (N-methyl/N-ethyl adjacent to an activating group) is 1. The molecule has 2 fully saturated rings. The Morgan fingerprint density at radius 1 is 1.18 bits per heavy atom. The summed E-state index contributed by atoms with van der Waals surface area (Å²) < 4.78 is 15.7. The number of benzene rings is 1. The van der Waals surface area contributed by atoms with E-state index < -0.39 is 23.5 Å². The minimum Gasteiger partial charge on any atom is -0.464 e. The molecule has 4 aromatic rings. The van der Waals surface area contributed by atoms with Crippen molar-refractivity contribution >= 4 is 56.1 Å². The molecule has 0 spiro atoms. The van der Waals surface area contributed by atoms with E-state index in [0.29, 0.717) is 25.8 Å². The zero-order valence-electron chi connectivity index (χ0n) is 33.6. The van der Waals surface area contributed by atoms with Crippen molar-refractivity contribution in [3.05, 3.63) is 52.1 Å². The summed E-state index contributed by atoms with van der Waals surface area (Å²) in [6.45, 7) is 15.0. The van der Waals surface area contributed by atoms with Crippen molar-refractivity contribution in [3.8, 4) is 22.5 Å². The van der Waals surface area contributed by atoms with Gasteiger partial charge in [-0.25, -0.2) is 10.4 Å². The van der Waals surface area contributed by atoms with Crippen molar-refractivity contribution in [2.24, 2.45) is 5.41 Å². The quantitative estimate of drug-likeness (QED) is 0.216. The van der Waals surface area contributed by atoms with Crippen LogP contribution in [0.3, 0.4) is 0 Å². The van der Waals surface area contributed by atoms with E-state index in [1.165, 1.54) is 27.8 Å². The molecule has 1 aromatic carbocycles. The number of carbonyl (C=O) groups excluding carboxylic acids is 3. The third-order valence-electron chi connectivity index (χ3n) is 11.4. The molecule has 56 heavy (non-hydrogen) atoms. The van der Waals surface area contributed by atoms with Gasteiger partial charge in [-0.15, -0.1) is 11.3 Å². The fraction of sp³-hybridized carbons (Fsp3) is 0.537. The largest absolute Gasteiger partial charge is 0.464 e. The number of esters is 1. The maximum Gasteiger partial charge on any atom is 0.324 e. The van der Waals surface area contributed by atoms with Gasteiger partial charge in [-0.05, 0) is 63.9 Å². The van der Waals surface area contributed by atoms with Gasteiger partial charge in [0, 0.05) is 92.5 Å². The summed E-state index contributed by atoms with van der Waals surface area (Å²) in [7, 11) is 7.31. The number of methoxy groups -OCH3 is 1. The zero-order chi connectivity index (χ0) is 39.9. The van der Waals surface area contributed by atoms with Crippen LogP contribution in [-0.4, -0.2) is 123 Å². The van der Waals surface area contributed by atoms with Crippen LogP contribution in [0, 0.1) is 5.41 Å². The van der Waals surface area contributed by atoms with E-state index in [1.54, 1.807) is 7.11 Å². The number of fused-ring (bicyclic) bond motifs is 6. The molecule has 1 N–H and O–H groups in total. The number of rotatable bonds is 6. The predicted molar refractivity (Wildman–Crippen MR) is 219 cm³/mol. The summed E-state index contributed by atoms with van der Waals surface area (Å²) in [4.78, 5) is 55.2. The highest BCUT2D eigenvalue weighted by atomic mass is 32.1. The molecule has 1 unspecified atom stereocenters. The normalized spacial score (nSPS) is 21.5. The van der Waals surface area contributed by atoms with Gasteiger partial charge in [0.1, 0.15) is 12.1 Å². The van der Waals surface area contributed by atoms with Gasteiger partial charge in [-0.1, -0.05) is 19.9 Å². The standard InChI is InChI=1S/C41H53N8O5SSi/c1-8-47-34-12-11-27-18-29(34)31(38(47)30-19-28(22-42-37(30)25(2)53-7)46-16-14-45(6)15-17-46)21-41(4,5)24-54-40(52)32-10-9-13-48(44-32)39(51)35(49(56)26(3)50)20-36-43-33(27)23-55-36/h11-12,18-19,22-23,25,32,35,44H,8-10,13-17,20-21,24H2,1-7H3/t25-,32-,35?/m0/s1. The highest BCUT2D eigenvalue weighted by Crippen LogP contribution is 2.43. The van der Waals surface area contributed by atoms with Crippen molar-refractivity contribution in [2.75, 3.05) is 58.4 Å². The molecule has 13 nitrogen and oxygen atoms in total. The lowest BCUT2D eigenvalue weighted by Crippen LogP contribution is -2.60. The van der Waals surface area contributed by atoms with Crippen LogP contribution in [0.2, 0.25) is 0 Å². The van der Waals surface area contributed by atoms with Gasteiger partial charge in [0.2, 0.25) is 5.91 Å². The maximum atomic E-state index is 14.0. The Balaban J connectivity index is 1.41. The van der Waals surface area contributed by atoms with Gasteiger partial charge in [-0.3, -0.25) is 24.4 Å². The van der Waals surface area contributed by atoms with Crippen LogP contribution in [0.1, 0.15) is 69.8 Å². The van der Waals surface area contributed by atoms with Crippen LogP contribution < -0.4 is 10.3 Å². The second kappa shape index (κ2) is 16.4. The third kappa shape index (κ3) is 8.01. The Morgan fingerprint density at radius 2 is 1.95 bits per heavy atom. The summed E-state index contributed by atoms with van der Waals surface area (Å²) in [5.41, 5.74) is 10.7. The number of pyridine rings is 1. The molecule has 0 aliphatic carbocycles. The first-order chi connectivity index (χ1) is 26.8. The van der Waals surface area contributed by atoms with Crippen molar-refractivity contribution in [3.63, 3.8) is 0 Å². The summed E-state index contributed by atoms with van der Waals surface area (Å²) in [6, 6.07) is 7.21. The molecular weight excluding hydrogens is 745 g/mol. The van der Waals surface area contributed by atoms with E-state index in [2.05, 4.69) is 82.3 Å². The lowest BCUT2D eigenvalue weighted by molar-refractivity contribution is -0.156. The average Bonchev–Trinajstić information content (AvgIpc) is 3.79.